The second kappa shape index (κ2) is 6.31. The number of hydrogen-bond acceptors (Lipinski definition) is 7. The Morgan fingerprint density at radius 1 is 1.45 bits per heavy atom. The molecule has 0 radical (unpaired) electrons. The van der Waals surface area contributed by atoms with Crippen LogP contribution in [0.1, 0.15) is 23.5 Å². The Kier molecular flexibility index (Phi) is 5.23. The van der Waals surface area contributed by atoms with Crippen LogP contribution in [0.15, 0.2) is 0 Å². The highest BCUT2D eigenvalue weighted by Crippen LogP contribution is 2.42. The van der Waals surface area contributed by atoms with Gasteiger partial charge >= 0.3 is 0 Å². The lowest BCUT2D eigenvalue weighted by molar-refractivity contribution is 0.100. The molecule has 20 heavy (non-hydrogen) atoms. The minimum absolute atomic E-state index is 0.0299. The molecule has 0 fully saturated rings. The van der Waals surface area contributed by atoms with Gasteiger partial charge in [-0.1, -0.05) is 0 Å². The number of anilines is 2. The van der Waals surface area contributed by atoms with Crippen molar-refractivity contribution in [2.24, 2.45) is 5.73 Å². The highest BCUT2D eigenvalue weighted by molar-refractivity contribution is 7.90. The van der Waals surface area contributed by atoms with E-state index in [0.717, 1.165) is 17.6 Å². The van der Waals surface area contributed by atoms with Crippen molar-refractivity contribution in [1.29, 1.82) is 0 Å². The molecule has 1 aromatic heterocycles. The molecule has 0 bridgehead atoms. The molecule has 7 nitrogen and oxygen atoms in total. The number of hydrogen-bond donors (Lipinski definition) is 3. The fourth-order valence-corrected chi connectivity index (χ4v) is 2.84. The van der Waals surface area contributed by atoms with E-state index in [2.05, 4.69) is 5.32 Å². The second-order valence-corrected chi connectivity index (χ2v) is 7.87. The Morgan fingerprint density at radius 2 is 2.05 bits per heavy atom. The standard InChI is InChI=1S/C11H19N3O4S2/c1-6(2)18-8-7(12)9(10(13)15)19-11(8)14-4-5-20(3,16)17/h6,14H,4-5,12H2,1-3H3,(H2,13,15). The molecular weight excluding hydrogens is 302 g/mol. The Morgan fingerprint density at radius 3 is 2.50 bits per heavy atom. The number of nitrogen functional groups attached to an aromatic ring is 1. The fourth-order valence-electron chi connectivity index (χ4n) is 1.43. The zero-order valence-electron chi connectivity index (χ0n) is 11.6. The van der Waals surface area contributed by atoms with Gasteiger partial charge in [-0.3, -0.25) is 4.79 Å². The van der Waals surface area contributed by atoms with Gasteiger partial charge in [0.2, 0.25) is 0 Å². The van der Waals surface area contributed by atoms with Crippen molar-refractivity contribution in [3.05, 3.63) is 4.88 Å². The predicted molar refractivity (Wildman–Crippen MR) is 81.2 cm³/mol. The van der Waals surface area contributed by atoms with Crippen molar-refractivity contribution >= 4 is 37.8 Å². The predicted octanol–water partition coefficient (Wildman–Crippen LogP) is 0.673. The molecule has 0 aliphatic heterocycles. The summed E-state index contributed by atoms with van der Waals surface area (Å²) in [6, 6.07) is 0. The first-order valence-electron chi connectivity index (χ1n) is 5.92. The summed E-state index contributed by atoms with van der Waals surface area (Å²) in [5, 5.41) is 3.43. The number of nitrogens with two attached hydrogens (primary N) is 2. The van der Waals surface area contributed by atoms with Gasteiger partial charge in [-0.05, 0) is 13.8 Å². The van der Waals surface area contributed by atoms with E-state index >= 15 is 0 Å². The molecule has 5 N–H and O–H groups in total. The topological polar surface area (TPSA) is 125 Å². The zero-order valence-corrected chi connectivity index (χ0v) is 13.2. The van der Waals surface area contributed by atoms with Crippen molar-refractivity contribution in [3.63, 3.8) is 0 Å². The number of sulfone groups is 1. The van der Waals surface area contributed by atoms with Crippen molar-refractivity contribution in [3.8, 4) is 5.75 Å². The van der Waals surface area contributed by atoms with Crippen LogP contribution in [0.2, 0.25) is 0 Å². The van der Waals surface area contributed by atoms with Crippen molar-refractivity contribution in [2.75, 3.05) is 29.6 Å². The van der Waals surface area contributed by atoms with Gasteiger partial charge in [0, 0.05) is 12.8 Å². The summed E-state index contributed by atoms with van der Waals surface area (Å²) < 4.78 is 27.8. The van der Waals surface area contributed by atoms with Gasteiger partial charge in [0.05, 0.1) is 11.9 Å². The molecule has 0 saturated heterocycles. The monoisotopic (exact) mass is 321 g/mol. The van der Waals surface area contributed by atoms with Crippen LogP contribution >= 0.6 is 11.3 Å². The fraction of sp³-hybridized carbons (Fsp3) is 0.545. The van der Waals surface area contributed by atoms with Gasteiger partial charge in [-0.15, -0.1) is 11.3 Å². The van der Waals surface area contributed by atoms with Crippen molar-refractivity contribution < 1.29 is 17.9 Å². The molecule has 1 aromatic rings. The third-order valence-corrected chi connectivity index (χ3v) is 4.34. The van der Waals surface area contributed by atoms with Gasteiger partial charge in [0.15, 0.2) is 5.75 Å². The molecule has 0 spiro atoms. The first-order valence-corrected chi connectivity index (χ1v) is 8.80. The number of nitrogens with one attached hydrogen (secondary N) is 1. The molecular formula is C11H19N3O4S2. The van der Waals surface area contributed by atoms with Gasteiger partial charge in [-0.25, -0.2) is 8.42 Å². The number of ether oxygens (including phenoxy) is 1. The molecule has 9 heteroatoms. The van der Waals surface area contributed by atoms with Crippen LogP contribution in [-0.4, -0.2) is 39.0 Å². The SMILES string of the molecule is CC(C)Oc1c(NCCS(C)(=O)=O)sc(C(N)=O)c1N. The molecule has 0 aliphatic carbocycles. The Hall–Kier alpha value is -1.48. The van der Waals surface area contributed by atoms with Crippen LogP contribution < -0.4 is 21.5 Å². The van der Waals surface area contributed by atoms with Crippen LogP contribution in [-0.2, 0) is 9.84 Å². The van der Waals surface area contributed by atoms with Crippen LogP contribution in [0.4, 0.5) is 10.7 Å². The maximum absolute atomic E-state index is 11.3. The molecule has 0 unspecified atom stereocenters. The zero-order chi connectivity index (χ0) is 15.5. The largest absolute Gasteiger partial charge is 0.486 e. The first-order chi connectivity index (χ1) is 9.11. The summed E-state index contributed by atoms with van der Waals surface area (Å²) in [6.45, 7) is 3.84. The number of rotatable bonds is 7. The highest BCUT2D eigenvalue weighted by Gasteiger charge is 2.21. The van der Waals surface area contributed by atoms with E-state index in [0.29, 0.717) is 10.8 Å². The van der Waals surface area contributed by atoms with Crippen molar-refractivity contribution in [2.45, 2.75) is 20.0 Å². The second-order valence-electron chi connectivity index (χ2n) is 4.59. The lowest BCUT2D eigenvalue weighted by atomic mass is 10.3. The third kappa shape index (κ3) is 4.57. The van der Waals surface area contributed by atoms with Gasteiger partial charge in [-0.2, -0.15) is 0 Å². The lowest BCUT2D eigenvalue weighted by Gasteiger charge is -2.12. The summed E-state index contributed by atoms with van der Waals surface area (Å²) in [7, 11) is -3.07. The van der Waals surface area contributed by atoms with E-state index in [1.165, 1.54) is 0 Å². The number of carbonyl (C=O) groups excluding carboxylic acids is 1. The Balaban J connectivity index is 2.98. The maximum atomic E-state index is 11.3. The lowest BCUT2D eigenvalue weighted by Crippen LogP contribution is -2.15. The van der Waals surface area contributed by atoms with E-state index in [9.17, 15) is 13.2 Å². The van der Waals surface area contributed by atoms with Gasteiger partial charge in [0.25, 0.3) is 5.91 Å². The molecule has 0 saturated carbocycles. The quantitative estimate of drug-likeness (QED) is 0.678. The average Bonchev–Trinajstić information content (AvgIpc) is 2.55. The normalized spacial score (nSPS) is 11.6. The molecule has 0 aliphatic rings. The van der Waals surface area contributed by atoms with E-state index < -0.39 is 15.7 Å². The number of thiophene rings is 1. The number of primary amides is 1. The maximum Gasteiger partial charge on any atom is 0.261 e. The van der Waals surface area contributed by atoms with E-state index in [4.69, 9.17) is 16.2 Å². The Labute approximate surface area is 122 Å². The first kappa shape index (κ1) is 16.6. The molecule has 0 aromatic carbocycles. The van der Waals surface area contributed by atoms with Gasteiger partial charge in [0.1, 0.15) is 25.4 Å². The number of amides is 1. The molecule has 1 heterocycles. The van der Waals surface area contributed by atoms with Crippen LogP contribution in [0.5, 0.6) is 5.75 Å². The molecule has 1 amide bonds. The summed E-state index contributed by atoms with van der Waals surface area (Å²) >= 11 is 1.06. The minimum Gasteiger partial charge on any atom is -0.486 e. The third-order valence-electron chi connectivity index (χ3n) is 2.24. The summed E-state index contributed by atoms with van der Waals surface area (Å²) in [5.74, 6) is -0.331. The van der Waals surface area contributed by atoms with E-state index in [1.54, 1.807) is 0 Å². The molecule has 1 rings (SSSR count). The van der Waals surface area contributed by atoms with Gasteiger partial charge < -0.3 is 21.5 Å². The smallest absolute Gasteiger partial charge is 0.261 e. The summed E-state index contributed by atoms with van der Waals surface area (Å²) in [4.78, 5) is 11.5. The Bertz CT molecular complexity index is 593. The average molecular weight is 321 g/mol. The highest BCUT2D eigenvalue weighted by atomic mass is 32.2. The van der Waals surface area contributed by atoms with E-state index in [1.807, 2.05) is 13.8 Å². The van der Waals surface area contributed by atoms with Crippen LogP contribution in [0.25, 0.3) is 0 Å². The number of carbonyl (C=O) groups is 1. The molecule has 114 valence electrons. The summed E-state index contributed by atoms with van der Waals surface area (Å²) in [5.41, 5.74) is 11.3. The van der Waals surface area contributed by atoms with Crippen LogP contribution in [0, 0.1) is 0 Å². The summed E-state index contributed by atoms with van der Waals surface area (Å²) in [6.07, 6.45) is 1.01. The van der Waals surface area contributed by atoms with E-state index in [-0.39, 0.29) is 29.0 Å². The van der Waals surface area contributed by atoms with Crippen molar-refractivity contribution in [1.82, 2.24) is 0 Å². The van der Waals surface area contributed by atoms with Crippen LogP contribution in [0.3, 0.4) is 0 Å². The molecule has 0 atom stereocenters. The minimum atomic E-state index is -3.07.